The van der Waals surface area contributed by atoms with Gasteiger partial charge in [0.2, 0.25) is 0 Å². The molecule has 0 aromatic heterocycles. The fourth-order valence-electron chi connectivity index (χ4n) is 1.86. The van der Waals surface area contributed by atoms with Crippen molar-refractivity contribution >= 4 is 47.6 Å². The van der Waals surface area contributed by atoms with Crippen LogP contribution in [0.25, 0.3) is 0 Å². The quantitative estimate of drug-likeness (QED) is 0.575. The van der Waals surface area contributed by atoms with Crippen LogP contribution in [0.1, 0.15) is 13.3 Å². The van der Waals surface area contributed by atoms with Crippen LogP contribution >= 0.6 is 16.1 Å². The third-order valence-corrected chi connectivity index (χ3v) is 13.2. The van der Waals surface area contributed by atoms with E-state index in [1.54, 1.807) is 6.92 Å². The molecule has 0 heterocycles. The first kappa shape index (κ1) is 15.8. The monoisotopic (exact) mass is 368 g/mol. The first-order valence-electron chi connectivity index (χ1n) is 6.48. The zero-order valence-electron chi connectivity index (χ0n) is 11.4. The van der Waals surface area contributed by atoms with Crippen LogP contribution in [0.4, 0.5) is 0 Å². The summed E-state index contributed by atoms with van der Waals surface area (Å²) in [6.45, 7) is 1.66. The summed E-state index contributed by atoms with van der Waals surface area (Å²) in [6.07, 6.45) is 0.633. The van der Waals surface area contributed by atoms with Gasteiger partial charge in [-0.15, -0.1) is 0 Å². The Morgan fingerprint density at radius 1 is 1.00 bits per heavy atom. The Morgan fingerprint density at radius 3 is 1.85 bits per heavy atom. The Morgan fingerprint density at radius 2 is 1.45 bits per heavy atom. The molecule has 0 radical (unpaired) electrons. The van der Waals surface area contributed by atoms with E-state index in [0.717, 1.165) is 5.75 Å². The van der Waals surface area contributed by atoms with E-state index < -0.39 is 4.71 Å². The topological polar surface area (TPSA) is 17.1 Å². The molecule has 0 aliphatic rings. The van der Waals surface area contributed by atoms with Crippen molar-refractivity contribution in [1.29, 1.82) is 0 Å². The third kappa shape index (κ3) is 3.96. The molecule has 20 heavy (non-hydrogen) atoms. The molecule has 0 saturated carbocycles. The summed E-state index contributed by atoms with van der Waals surface area (Å²) >= 11 is 5.35. The standard InChI is InChI=1S/C16H17OPSSe/c1-14(17)12-13-19-18(20,15-8-4-2-5-9-15)16-10-6-3-7-11-16/h2-11H,12-13H2,1H3. The number of Topliss-reactive ketones (excluding diaryl/α,β-unsaturated/α-hetero) is 1. The maximum atomic E-state index is 11.2. The summed E-state index contributed by atoms with van der Waals surface area (Å²) in [6, 6.07) is 21.1. The molecule has 0 spiro atoms. The van der Waals surface area contributed by atoms with Crippen LogP contribution in [-0.2, 0) is 4.79 Å². The van der Waals surface area contributed by atoms with Gasteiger partial charge in [-0.1, -0.05) is 0 Å². The van der Waals surface area contributed by atoms with Crippen LogP contribution < -0.4 is 10.6 Å². The predicted octanol–water partition coefficient (Wildman–Crippen LogP) is 3.37. The van der Waals surface area contributed by atoms with Gasteiger partial charge in [0, 0.05) is 0 Å². The number of carbonyl (C=O) groups is 1. The Labute approximate surface area is 132 Å². The third-order valence-electron chi connectivity index (χ3n) is 2.92. The van der Waals surface area contributed by atoms with E-state index in [1.165, 1.54) is 10.6 Å². The fraction of sp³-hybridized carbons (Fsp3) is 0.188. The van der Waals surface area contributed by atoms with Gasteiger partial charge < -0.3 is 0 Å². The van der Waals surface area contributed by atoms with E-state index in [2.05, 4.69) is 63.6 Å². The van der Waals surface area contributed by atoms with E-state index in [4.69, 9.17) is 0 Å². The van der Waals surface area contributed by atoms with Crippen molar-refractivity contribution in [3.63, 3.8) is 0 Å². The van der Waals surface area contributed by atoms with Crippen LogP contribution in [0.5, 0.6) is 0 Å². The molecule has 0 N–H and O–H groups in total. The molecule has 0 amide bonds. The molecular formula is C16H17OPSSe. The molecule has 4 heteroatoms. The average molecular weight is 367 g/mol. The van der Waals surface area contributed by atoms with Crippen LogP contribution in [0.2, 0.25) is 0 Å². The van der Waals surface area contributed by atoms with E-state index in [-0.39, 0.29) is 5.78 Å². The van der Waals surface area contributed by atoms with Gasteiger partial charge in [-0.05, 0) is 0 Å². The van der Waals surface area contributed by atoms with Crippen molar-refractivity contribution < 1.29 is 4.79 Å². The number of carbonyl (C=O) groups excluding carboxylic acids is 1. The van der Waals surface area contributed by atoms with E-state index in [9.17, 15) is 4.79 Å². The summed E-state index contributed by atoms with van der Waals surface area (Å²) in [5.74, 6) is 1.12. The van der Waals surface area contributed by atoms with Gasteiger partial charge in [0.1, 0.15) is 0 Å². The predicted molar refractivity (Wildman–Crippen MR) is 92.6 cm³/mol. The second kappa shape index (κ2) is 7.43. The normalized spacial score (nSPS) is 11.2. The molecule has 0 atom stereocenters. The molecule has 0 unspecified atom stereocenters. The first-order chi connectivity index (χ1) is 9.63. The summed E-state index contributed by atoms with van der Waals surface area (Å²) in [5, 5.41) is 2.67. The van der Waals surface area contributed by atoms with Gasteiger partial charge in [-0.25, -0.2) is 0 Å². The van der Waals surface area contributed by atoms with Gasteiger partial charge in [0.05, 0.1) is 0 Å². The summed E-state index contributed by atoms with van der Waals surface area (Å²) < 4.78 is -1.59. The number of ketones is 1. The van der Waals surface area contributed by atoms with Gasteiger partial charge in [-0.2, -0.15) is 0 Å². The number of hydrogen-bond donors (Lipinski definition) is 0. The minimum atomic E-state index is -1.59. The maximum absolute atomic E-state index is 11.2. The van der Waals surface area contributed by atoms with E-state index in [1.807, 2.05) is 23.5 Å². The average Bonchev–Trinajstić information content (AvgIpc) is 2.48. The van der Waals surface area contributed by atoms with E-state index >= 15 is 0 Å². The molecule has 2 aromatic carbocycles. The molecular weight excluding hydrogens is 350 g/mol. The summed E-state index contributed by atoms with van der Waals surface area (Å²) in [4.78, 5) is 11.2. The Balaban J connectivity index is 2.34. The molecule has 2 rings (SSSR count). The van der Waals surface area contributed by atoms with Crippen LogP contribution in [0, 0.1) is 0 Å². The Hall–Kier alpha value is -0.591. The SMILES string of the molecule is CC(=O)CCSP(=[Se])(c1ccccc1)c1ccccc1. The van der Waals surface area contributed by atoms with Gasteiger partial charge >= 0.3 is 132 Å². The van der Waals surface area contributed by atoms with Crippen LogP contribution in [0.15, 0.2) is 60.7 Å². The molecule has 0 aliphatic carbocycles. The van der Waals surface area contributed by atoms with Gasteiger partial charge in [0.15, 0.2) is 0 Å². The Kier molecular flexibility index (Phi) is 5.86. The van der Waals surface area contributed by atoms with Crippen molar-refractivity contribution in [1.82, 2.24) is 0 Å². The van der Waals surface area contributed by atoms with Crippen molar-refractivity contribution in [3.05, 3.63) is 60.7 Å². The van der Waals surface area contributed by atoms with Crippen molar-refractivity contribution in [3.8, 4) is 0 Å². The van der Waals surface area contributed by atoms with Crippen LogP contribution in [-0.4, -0.2) is 26.6 Å². The Bertz CT molecular complexity index is 569. The van der Waals surface area contributed by atoms with Crippen molar-refractivity contribution in [2.24, 2.45) is 0 Å². The summed E-state index contributed by atoms with van der Waals surface area (Å²) in [7, 11) is 0. The van der Waals surface area contributed by atoms with Gasteiger partial charge in [0.25, 0.3) is 0 Å². The second-order valence-electron chi connectivity index (χ2n) is 4.51. The molecule has 1 nitrogen and oxygen atoms in total. The minimum absolute atomic E-state index is 0.255. The zero-order valence-corrected chi connectivity index (χ0v) is 14.8. The molecule has 0 bridgehead atoms. The van der Waals surface area contributed by atoms with Crippen LogP contribution in [0.3, 0.4) is 0 Å². The molecule has 0 saturated heterocycles. The molecule has 2 aromatic rings. The molecule has 104 valence electrons. The molecule has 0 fully saturated rings. The first-order valence-corrected chi connectivity index (χ1v) is 12.1. The van der Waals surface area contributed by atoms with Gasteiger partial charge in [-0.3, -0.25) is 0 Å². The number of rotatable bonds is 6. The molecule has 0 aliphatic heterocycles. The number of hydrogen-bond acceptors (Lipinski definition) is 2. The number of benzene rings is 2. The van der Waals surface area contributed by atoms with Crippen molar-refractivity contribution in [2.45, 2.75) is 13.3 Å². The van der Waals surface area contributed by atoms with E-state index in [0.29, 0.717) is 6.42 Å². The fourth-order valence-corrected chi connectivity index (χ4v) is 9.84. The van der Waals surface area contributed by atoms with Crippen molar-refractivity contribution in [2.75, 3.05) is 5.75 Å². The zero-order chi connectivity index (χ0) is 14.4. The summed E-state index contributed by atoms with van der Waals surface area (Å²) in [5.41, 5.74) is 0. The second-order valence-corrected chi connectivity index (χ2v) is 14.7.